The second-order valence-electron chi connectivity index (χ2n) is 11.6. The lowest BCUT2D eigenvalue weighted by atomic mass is 9.95. The number of piperidine rings is 1. The summed E-state index contributed by atoms with van der Waals surface area (Å²) < 4.78 is 42.4. The average molecular weight is 729 g/mol. The summed E-state index contributed by atoms with van der Waals surface area (Å²) in [6.45, 7) is 0.203. The molecule has 0 aromatic heterocycles. The molecule has 0 radical (unpaired) electrons. The lowest BCUT2D eigenvalue weighted by Gasteiger charge is -2.44. The van der Waals surface area contributed by atoms with E-state index in [0.29, 0.717) is 32.4 Å². The molecule has 3 aliphatic heterocycles. The third kappa shape index (κ3) is 14.5. The first-order chi connectivity index (χ1) is 22.9. The summed E-state index contributed by atoms with van der Waals surface area (Å²) in [5, 5.41) is 44.9. The Morgan fingerprint density at radius 1 is 1.08 bits per heavy atom. The molecule has 0 spiro atoms. The number of nitrogens with two attached hydrogens (primary N) is 4. The number of carbonyl (C=O) groups excluding carboxylic acids is 4. The van der Waals surface area contributed by atoms with E-state index in [2.05, 4.69) is 31.6 Å². The number of nitrogens with zero attached hydrogens (tertiary/aromatic N) is 1. The van der Waals surface area contributed by atoms with Gasteiger partial charge >= 0.3 is 16.5 Å². The van der Waals surface area contributed by atoms with Crippen molar-refractivity contribution in [2.75, 3.05) is 26.2 Å². The number of β-amino-alcohol motifs (C(OH)–C–C–N with tert-alkyl or cyclic N) is 1. The fourth-order valence-corrected chi connectivity index (χ4v) is 5.31. The van der Waals surface area contributed by atoms with E-state index in [4.69, 9.17) is 49.9 Å². The number of primary amides is 1. The normalized spacial score (nSPS) is 29.0. The average Bonchev–Trinajstić information content (AvgIpc) is 3.43. The molecule has 3 heterocycles. The molecule has 0 aliphatic carbocycles. The molecule has 24 heteroatoms. The first-order valence-electron chi connectivity index (χ1n) is 15.4. The van der Waals surface area contributed by atoms with E-state index in [9.17, 15) is 34.5 Å². The van der Waals surface area contributed by atoms with E-state index in [1.165, 1.54) is 0 Å². The molecule has 3 rings (SSSR count). The molecular formula is C25H48N10O13S. The SMILES string of the molecule is NCCC[C@H](N)CC(=O)NCCC[C@H](N)CC(=O)N[C@@H]1[C@H](O)[C@@H](OC(N)=O)[C@@H](CO)O[C@H]1NC1=N[C@@H]2C(=O)NC[C@@H](O)[C@H]2N1.O=S(=O)(O)O. The molecule has 18 N–H and O–H groups in total. The smallest absolute Gasteiger partial charge is 0.404 e. The summed E-state index contributed by atoms with van der Waals surface area (Å²) in [7, 11) is -4.67. The Balaban J connectivity index is 0.00000155. The fraction of sp³-hybridized carbons (Fsp3) is 0.800. The summed E-state index contributed by atoms with van der Waals surface area (Å²) in [5.41, 5.74) is 22.6. The van der Waals surface area contributed by atoms with Crippen LogP contribution in [-0.4, -0.2) is 150 Å². The summed E-state index contributed by atoms with van der Waals surface area (Å²) in [6.07, 6.45) is -5.37. The number of hydrogen-bond acceptors (Lipinski definition) is 17. The number of ether oxygens (including phenoxy) is 2. The van der Waals surface area contributed by atoms with E-state index in [1.54, 1.807) is 0 Å². The summed E-state index contributed by atoms with van der Waals surface area (Å²) in [5.74, 6) is -1.12. The van der Waals surface area contributed by atoms with Crippen LogP contribution in [0.25, 0.3) is 0 Å². The van der Waals surface area contributed by atoms with Gasteiger partial charge in [0.2, 0.25) is 17.7 Å². The molecule has 0 aromatic carbocycles. The van der Waals surface area contributed by atoms with E-state index in [-0.39, 0.29) is 37.3 Å². The zero-order chi connectivity index (χ0) is 36.9. The van der Waals surface area contributed by atoms with Gasteiger partial charge in [-0.15, -0.1) is 0 Å². The topological polar surface area (TPSA) is 399 Å². The number of rotatable bonds is 15. The highest BCUT2D eigenvalue weighted by molar-refractivity contribution is 7.79. The van der Waals surface area contributed by atoms with E-state index in [1.807, 2.05) is 0 Å². The third-order valence-electron chi connectivity index (χ3n) is 7.59. The number of aliphatic hydroxyl groups is 3. The van der Waals surface area contributed by atoms with Crippen LogP contribution in [0.3, 0.4) is 0 Å². The molecule has 0 aromatic rings. The summed E-state index contributed by atoms with van der Waals surface area (Å²) >= 11 is 0. The van der Waals surface area contributed by atoms with Crippen LogP contribution in [0.1, 0.15) is 38.5 Å². The van der Waals surface area contributed by atoms with Crippen LogP contribution in [0.5, 0.6) is 0 Å². The highest BCUT2D eigenvalue weighted by atomic mass is 32.3. The van der Waals surface area contributed by atoms with E-state index >= 15 is 0 Å². The molecule has 3 aliphatic rings. The maximum Gasteiger partial charge on any atom is 0.404 e. The number of nitrogens with one attached hydrogen (secondary N) is 5. The quantitative estimate of drug-likeness (QED) is 0.0550. The lowest BCUT2D eigenvalue weighted by Crippen LogP contribution is -2.70. The van der Waals surface area contributed by atoms with Gasteiger partial charge in [0.1, 0.15) is 18.2 Å². The highest BCUT2D eigenvalue weighted by Crippen LogP contribution is 2.24. The van der Waals surface area contributed by atoms with Crippen molar-refractivity contribution in [2.45, 2.75) is 99.4 Å². The van der Waals surface area contributed by atoms with Gasteiger partial charge in [0, 0.05) is 38.0 Å². The molecular weight excluding hydrogens is 680 g/mol. The van der Waals surface area contributed by atoms with Gasteiger partial charge in [-0.3, -0.25) is 23.5 Å². The highest BCUT2D eigenvalue weighted by Gasteiger charge is 2.49. The Morgan fingerprint density at radius 3 is 2.27 bits per heavy atom. The minimum absolute atomic E-state index is 0.0296. The van der Waals surface area contributed by atoms with Gasteiger partial charge in [-0.05, 0) is 32.2 Å². The Bertz CT molecular complexity index is 1250. The van der Waals surface area contributed by atoms with Crippen molar-refractivity contribution in [1.29, 1.82) is 0 Å². The third-order valence-corrected chi connectivity index (χ3v) is 7.59. The van der Waals surface area contributed by atoms with Gasteiger partial charge in [-0.25, -0.2) is 9.79 Å². The molecule has 4 amide bonds. The van der Waals surface area contributed by atoms with Crippen molar-refractivity contribution in [1.82, 2.24) is 26.6 Å². The van der Waals surface area contributed by atoms with Crippen LogP contribution in [0.2, 0.25) is 0 Å². The van der Waals surface area contributed by atoms with Crippen molar-refractivity contribution in [3.63, 3.8) is 0 Å². The molecule has 49 heavy (non-hydrogen) atoms. The molecule has 2 saturated heterocycles. The van der Waals surface area contributed by atoms with Crippen molar-refractivity contribution < 1.29 is 61.5 Å². The predicted molar refractivity (Wildman–Crippen MR) is 168 cm³/mol. The molecule has 0 unspecified atom stereocenters. The van der Waals surface area contributed by atoms with Crippen LogP contribution >= 0.6 is 0 Å². The van der Waals surface area contributed by atoms with E-state index < -0.39 is 89.7 Å². The molecule has 0 saturated carbocycles. The molecule has 23 nitrogen and oxygen atoms in total. The van der Waals surface area contributed by atoms with Gasteiger partial charge in [-0.1, -0.05) is 0 Å². The van der Waals surface area contributed by atoms with Crippen LogP contribution in [-0.2, 0) is 34.3 Å². The summed E-state index contributed by atoms with van der Waals surface area (Å²) in [4.78, 5) is 52.9. The Labute approximate surface area is 281 Å². The molecule has 282 valence electrons. The number of hydrogen-bond donors (Lipinski definition) is 14. The van der Waals surface area contributed by atoms with Crippen molar-refractivity contribution in [3.8, 4) is 0 Å². The monoisotopic (exact) mass is 728 g/mol. The number of fused-ring (bicyclic) bond motifs is 1. The predicted octanol–water partition coefficient (Wildman–Crippen LogP) is -6.79. The zero-order valence-electron chi connectivity index (χ0n) is 26.5. The summed E-state index contributed by atoms with van der Waals surface area (Å²) in [6, 6.07) is -3.79. The van der Waals surface area contributed by atoms with Crippen molar-refractivity contribution in [3.05, 3.63) is 0 Å². The molecule has 10 atom stereocenters. The van der Waals surface area contributed by atoms with Gasteiger partial charge in [-0.2, -0.15) is 8.42 Å². The molecule has 0 bridgehead atoms. The van der Waals surface area contributed by atoms with E-state index in [0.717, 1.165) is 6.42 Å². The van der Waals surface area contributed by atoms with Crippen LogP contribution in [0.4, 0.5) is 4.79 Å². The van der Waals surface area contributed by atoms with Crippen LogP contribution < -0.4 is 49.5 Å². The van der Waals surface area contributed by atoms with Crippen molar-refractivity contribution >= 4 is 40.2 Å². The second-order valence-corrected chi connectivity index (χ2v) is 12.5. The first-order valence-corrected chi connectivity index (χ1v) is 16.8. The van der Waals surface area contributed by atoms with Gasteiger partial charge < -0.3 is 74.3 Å². The van der Waals surface area contributed by atoms with Gasteiger partial charge in [0.25, 0.3) is 0 Å². The minimum Gasteiger partial charge on any atom is -0.441 e. The maximum atomic E-state index is 13.0. The fourth-order valence-electron chi connectivity index (χ4n) is 5.31. The van der Waals surface area contributed by atoms with Crippen LogP contribution in [0.15, 0.2) is 4.99 Å². The Morgan fingerprint density at radius 2 is 1.69 bits per heavy atom. The maximum absolute atomic E-state index is 13.0. The Hall–Kier alpha value is -3.46. The lowest BCUT2D eigenvalue weighted by molar-refractivity contribution is -0.198. The number of aliphatic hydroxyl groups excluding tert-OH is 3. The van der Waals surface area contributed by atoms with Crippen molar-refractivity contribution in [2.24, 2.45) is 27.9 Å². The van der Waals surface area contributed by atoms with Gasteiger partial charge in [0.05, 0.1) is 18.8 Å². The largest absolute Gasteiger partial charge is 0.441 e. The second kappa shape index (κ2) is 19.7. The minimum atomic E-state index is -4.67. The zero-order valence-corrected chi connectivity index (χ0v) is 27.3. The molecule has 2 fully saturated rings. The first kappa shape index (κ1) is 41.7. The Kier molecular flexibility index (Phi) is 16.7. The number of amides is 4. The van der Waals surface area contributed by atoms with Gasteiger partial charge in [0.15, 0.2) is 24.3 Å². The number of aliphatic imine (C=N–C) groups is 1. The van der Waals surface area contributed by atoms with Crippen LogP contribution in [0, 0.1) is 0 Å². The number of guanidine groups is 1. The number of carbonyl (C=O) groups is 4. The standard InChI is InChI=1S/C25H46N10O9.H2O4S/c26-5-1-3-11(27)7-15(38)30-6-2-4-12(28)8-16(39)32-19-20(40)21(44-24(29)42)14(10-36)43-23(19)35-25-33-17-13(37)9-31-22(41)18(17)34-25;1-5(2,3)4/h11-14,17-21,23,36-37,40H,1-10,26-28H2,(H2,29,42)(H,30,38)(H,31,41)(H,32,39)(H2,33,34,35);(H2,1,2,3,4)/t11-,12-,13+,14+,17+,18-,19+,20-,21-,23+;/m0./s1.